The molecule has 0 heterocycles. The highest BCUT2D eigenvalue weighted by atomic mass is 16.3. The molecule has 0 radical (unpaired) electrons. The van der Waals surface area contributed by atoms with Crippen LogP contribution >= 0.6 is 0 Å². The molecule has 1 aliphatic rings. The Labute approximate surface area is 126 Å². The molecule has 0 atom stereocenters. The maximum Gasteiger partial charge on any atom is 0.0649 e. The largest absolute Gasteiger partial charge is 0.390 e. The first-order valence-corrected chi connectivity index (χ1v) is 9.14. The first-order chi connectivity index (χ1) is 9.66. The number of rotatable bonds is 11. The molecule has 0 aromatic rings. The monoisotopic (exact) mass is 283 g/mol. The van der Waals surface area contributed by atoms with Gasteiger partial charge < -0.3 is 10.8 Å². The third-order valence-corrected chi connectivity index (χ3v) is 4.96. The first kappa shape index (κ1) is 18.0. The quantitative estimate of drug-likeness (QED) is 0.528. The van der Waals surface area contributed by atoms with Gasteiger partial charge in [-0.2, -0.15) is 0 Å². The lowest BCUT2D eigenvalue weighted by atomic mass is 9.79. The number of hydrogen-bond acceptors (Lipinski definition) is 2. The van der Waals surface area contributed by atoms with E-state index >= 15 is 0 Å². The minimum Gasteiger partial charge on any atom is -0.390 e. The van der Waals surface area contributed by atoms with E-state index in [1.807, 2.05) is 0 Å². The zero-order valence-electron chi connectivity index (χ0n) is 13.7. The molecule has 0 saturated heterocycles. The van der Waals surface area contributed by atoms with Crippen molar-refractivity contribution in [1.82, 2.24) is 0 Å². The fraction of sp³-hybridized carbons (Fsp3) is 1.00. The fourth-order valence-corrected chi connectivity index (χ4v) is 3.37. The van der Waals surface area contributed by atoms with Gasteiger partial charge in [-0.05, 0) is 32.1 Å². The number of unbranched alkanes of at least 4 members (excludes halogenated alkanes) is 9. The SMILES string of the molecule is CCCCCCCCCCCCC1(O)CCC(N)CC1. The van der Waals surface area contributed by atoms with Crippen LogP contribution in [0.1, 0.15) is 103 Å². The Balaban J connectivity index is 1.87. The normalized spacial score (nSPS) is 26.9. The highest BCUT2D eigenvalue weighted by Gasteiger charge is 2.31. The Morgan fingerprint density at radius 1 is 0.850 bits per heavy atom. The Morgan fingerprint density at radius 2 is 1.30 bits per heavy atom. The van der Waals surface area contributed by atoms with Crippen LogP contribution in [0, 0.1) is 0 Å². The van der Waals surface area contributed by atoms with Crippen molar-refractivity contribution in [1.29, 1.82) is 0 Å². The van der Waals surface area contributed by atoms with E-state index in [4.69, 9.17) is 5.73 Å². The molecule has 0 aliphatic heterocycles. The van der Waals surface area contributed by atoms with Crippen LogP contribution in [0.5, 0.6) is 0 Å². The standard InChI is InChI=1S/C18H37NO/c1-2-3-4-5-6-7-8-9-10-11-14-18(20)15-12-17(19)13-16-18/h17,20H,2-16,19H2,1H3. The molecule has 1 aliphatic carbocycles. The predicted octanol–water partition coefficient (Wildman–Crippen LogP) is 4.93. The average molecular weight is 284 g/mol. The average Bonchev–Trinajstić information content (AvgIpc) is 2.45. The van der Waals surface area contributed by atoms with Gasteiger partial charge in [0, 0.05) is 6.04 Å². The van der Waals surface area contributed by atoms with Crippen LogP contribution in [0.4, 0.5) is 0 Å². The molecule has 0 unspecified atom stereocenters. The van der Waals surface area contributed by atoms with Crippen LogP contribution in [-0.4, -0.2) is 16.7 Å². The third kappa shape index (κ3) is 8.26. The molecule has 20 heavy (non-hydrogen) atoms. The van der Waals surface area contributed by atoms with Crippen molar-refractivity contribution < 1.29 is 5.11 Å². The van der Waals surface area contributed by atoms with Gasteiger partial charge >= 0.3 is 0 Å². The van der Waals surface area contributed by atoms with E-state index in [9.17, 15) is 5.11 Å². The second-order valence-electron chi connectivity index (χ2n) is 6.99. The Hall–Kier alpha value is -0.0800. The predicted molar refractivity (Wildman–Crippen MR) is 87.9 cm³/mol. The smallest absolute Gasteiger partial charge is 0.0649 e. The first-order valence-electron chi connectivity index (χ1n) is 9.14. The molecule has 1 fully saturated rings. The van der Waals surface area contributed by atoms with Crippen LogP contribution in [0.2, 0.25) is 0 Å². The maximum atomic E-state index is 10.5. The summed E-state index contributed by atoms with van der Waals surface area (Å²) in [5.74, 6) is 0. The van der Waals surface area contributed by atoms with Crippen molar-refractivity contribution in [3.63, 3.8) is 0 Å². The summed E-state index contributed by atoms with van der Waals surface area (Å²) in [5, 5.41) is 10.5. The summed E-state index contributed by atoms with van der Waals surface area (Å²) >= 11 is 0. The molecular weight excluding hydrogens is 246 g/mol. The van der Waals surface area contributed by atoms with E-state index in [-0.39, 0.29) is 5.60 Å². The highest BCUT2D eigenvalue weighted by molar-refractivity contribution is 4.86. The van der Waals surface area contributed by atoms with Gasteiger partial charge in [-0.1, -0.05) is 71.1 Å². The molecule has 0 bridgehead atoms. The molecule has 0 aromatic carbocycles. The highest BCUT2D eigenvalue weighted by Crippen LogP contribution is 2.32. The van der Waals surface area contributed by atoms with Gasteiger partial charge in [0.15, 0.2) is 0 Å². The van der Waals surface area contributed by atoms with Crippen molar-refractivity contribution in [3.05, 3.63) is 0 Å². The molecule has 1 rings (SSSR count). The van der Waals surface area contributed by atoms with Gasteiger partial charge in [0.2, 0.25) is 0 Å². The summed E-state index contributed by atoms with van der Waals surface area (Å²) in [6, 6.07) is 0.336. The summed E-state index contributed by atoms with van der Waals surface area (Å²) < 4.78 is 0. The van der Waals surface area contributed by atoms with Gasteiger partial charge in [-0.25, -0.2) is 0 Å². The van der Waals surface area contributed by atoms with Crippen LogP contribution in [0.15, 0.2) is 0 Å². The zero-order valence-corrected chi connectivity index (χ0v) is 13.7. The van der Waals surface area contributed by atoms with Crippen LogP contribution in [-0.2, 0) is 0 Å². The van der Waals surface area contributed by atoms with Crippen molar-refractivity contribution in [2.75, 3.05) is 0 Å². The summed E-state index contributed by atoms with van der Waals surface area (Å²) in [7, 11) is 0. The van der Waals surface area contributed by atoms with Crippen LogP contribution < -0.4 is 5.73 Å². The lowest BCUT2D eigenvalue weighted by Gasteiger charge is -2.34. The number of aliphatic hydroxyl groups is 1. The topological polar surface area (TPSA) is 46.2 Å². The summed E-state index contributed by atoms with van der Waals surface area (Å²) in [6.07, 6.45) is 18.5. The van der Waals surface area contributed by atoms with Gasteiger partial charge in [0.1, 0.15) is 0 Å². The molecule has 2 heteroatoms. The second-order valence-corrected chi connectivity index (χ2v) is 6.99. The maximum absolute atomic E-state index is 10.5. The third-order valence-electron chi connectivity index (χ3n) is 4.96. The minimum absolute atomic E-state index is 0.336. The van der Waals surface area contributed by atoms with Gasteiger partial charge in [-0.3, -0.25) is 0 Å². The van der Waals surface area contributed by atoms with Crippen molar-refractivity contribution in [2.45, 2.75) is 115 Å². The Kier molecular flexibility index (Phi) is 9.54. The van der Waals surface area contributed by atoms with Crippen LogP contribution in [0.3, 0.4) is 0 Å². The summed E-state index contributed by atoms with van der Waals surface area (Å²) in [6.45, 7) is 2.27. The fourth-order valence-electron chi connectivity index (χ4n) is 3.37. The molecule has 1 saturated carbocycles. The van der Waals surface area contributed by atoms with Crippen molar-refractivity contribution >= 4 is 0 Å². The Morgan fingerprint density at radius 3 is 1.80 bits per heavy atom. The molecule has 0 amide bonds. The van der Waals surface area contributed by atoms with Gasteiger partial charge in [0.25, 0.3) is 0 Å². The molecule has 0 spiro atoms. The molecule has 0 aromatic heterocycles. The summed E-state index contributed by atoms with van der Waals surface area (Å²) in [5.41, 5.74) is 5.52. The van der Waals surface area contributed by atoms with Crippen molar-refractivity contribution in [3.8, 4) is 0 Å². The zero-order chi connectivity index (χ0) is 14.7. The van der Waals surface area contributed by atoms with Crippen molar-refractivity contribution in [2.24, 2.45) is 5.73 Å². The van der Waals surface area contributed by atoms with Gasteiger partial charge in [-0.15, -0.1) is 0 Å². The lowest BCUT2D eigenvalue weighted by Crippen LogP contribution is -2.38. The van der Waals surface area contributed by atoms with E-state index in [1.165, 1.54) is 64.2 Å². The van der Waals surface area contributed by atoms with E-state index in [0.29, 0.717) is 6.04 Å². The van der Waals surface area contributed by atoms with E-state index in [1.54, 1.807) is 0 Å². The van der Waals surface area contributed by atoms with E-state index in [0.717, 1.165) is 32.1 Å². The molecule has 3 N–H and O–H groups in total. The summed E-state index contributed by atoms with van der Waals surface area (Å²) in [4.78, 5) is 0. The number of nitrogens with two attached hydrogens (primary N) is 1. The van der Waals surface area contributed by atoms with E-state index in [2.05, 4.69) is 6.92 Å². The van der Waals surface area contributed by atoms with Crippen LogP contribution in [0.25, 0.3) is 0 Å². The Bertz CT molecular complexity index is 221. The van der Waals surface area contributed by atoms with E-state index < -0.39 is 0 Å². The molecular formula is C18H37NO. The second kappa shape index (κ2) is 10.6. The molecule has 120 valence electrons. The minimum atomic E-state index is -0.379. The lowest BCUT2D eigenvalue weighted by molar-refractivity contribution is -0.00990. The molecule has 2 nitrogen and oxygen atoms in total. The van der Waals surface area contributed by atoms with Gasteiger partial charge in [0.05, 0.1) is 5.60 Å². The number of hydrogen-bond donors (Lipinski definition) is 2.